The van der Waals surface area contributed by atoms with Crippen molar-refractivity contribution >= 4 is 0 Å². The van der Waals surface area contributed by atoms with Crippen LogP contribution in [0.1, 0.15) is 181 Å². The van der Waals surface area contributed by atoms with Crippen LogP contribution in [0.4, 0.5) is 0 Å². The maximum Gasteiger partial charge on any atom is 0.0975 e. The number of allylic oxidation sites excluding steroid dienone is 8. The van der Waals surface area contributed by atoms with Gasteiger partial charge in [-0.3, -0.25) is 4.90 Å². The third-order valence-corrected chi connectivity index (χ3v) is 9.18. The topological polar surface area (TPSA) is 21.7 Å². The Morgan fingerprint density at radius 1 is 0.413 bits per heavy atom. The Balaban J connectivity index is 2.00. The SMILES string of the molecule is CCCCCC=CCC=CCCCCCCCCO[C@@H]1CN(CCC)C[C@H]1OCCCCCCCCC=CCC=CCCCCC. The van der Waals surface area contributed by atoms with Gasteiger partial charge in [0.05, 0.1) is 12.2 Å². The molecule has 0 N–H and O–H groups in total. The van der Waals surface area contributed by atoms with Gasteiger partial charge in [0.1, 0.15) is 0 Å². The third kappa shape index (κ3) is 27.9. The van der Waals surface area contributed by atoms with Crippen molar-refractivity contribution in [2.45, 2.75) is 193 Å². The zero-order valence-electron chi connectivity index (χ0n) is 31.3. The molecular weight excluding hydrogens is 562 g/mol. The van der Waals surface area contributed by atoms with Crippen LogP contribution in [0.15, 0.2) is 48.6 Å². The highest BCUT2D eigenvalue weighted by Gasteiger charge is 2.33. The molecule has 0 aromatic rings. The lowest BCUT2D eigenvalue weighted by Crippen LogP contribution is -2.30. The minimum atomic E-state index is 0.258. The van der Waals surface area contributed by atoms with Crippen LogP contribution in [-0.4, -0.2) is 50.0 Å². The van der Waals surface area contributed by atoms with Gasteiger partial charge in [0, 0.05) is 26.3 Å². The standard InChI is InChI=1S/C43H79NO2/c1-4-7-9-11-13-15-17-19-21-23-25-27-29-31-33-35-38-45-42-40-44(37-6-3)41-43(42)46-39-36-34-32-30-28-26-24-22-20-18-16-14-12-10-8-5-2/h13-16,19-22,42-43H,4-12,17-18,23-41H2,1-3H3/t42-,43-/m1/s1. The Morgan fingerprint density at radius 2 is 0.761 bits per heavy atom. The molecule has 1 fully saturated rings. The minimum absolute atomic E-state index is 0.258. The second-order valence-corrected chi connectivity index (χ2v) is 13.7. The number of hydrogen-bond acceptors (Lipinski definition) is 3. The molecule has 0 aromatic heterocycles. The number of nitrogens with zero attached hydrogens (tertiary/aromatic N) is 1. The first-order valence-electron chi connectivity index (χ1n) is 20.4. The Hall–Kier alpha value is -1.16. The van der Waals surface area contributed by atoms with Crippen molar-refractivity contribution < 1.29 is 9.47 Å². The van der Waals surface area contributed by atoms with E-state index in [0.717, 1.165) is 45.7 Å². The summed E-state index contributed by atoms with van der Waals surface area (Å²) in [6.45, 7) is 11.9. The maximum absolute atomic E-state index is 6.40. The van der Waals surface area contributed by atoms with Crippen molar-refractivity contribution in [1.29, 1.82) is 0 Å². The van der Waals surface area contributed by atoms with E-state index < -0.39 is 0 Å². The van der Waals surface area contributed by atoms with Crippen molar-refractivity contribution in [2.75, 3.05) is 32.8 Å². The zero-order chi connectivity index (χ0) is 33.0. The zero-order valence-corrected chi connectivity index (χ0v) is 31.3. The first-order valence-corrected chi connectivity index (χ1v) is 20.4. The highest BCUT2D eigenvalue weighted by atomic mass is 16.5. The van der Waals surface area contributed by atoms with Crippen molar-refractivity contribution in [3.63, 3.8) is 0 Å². The molecule has 0 saturated carbocycles. The fourth-order valence-corrected chi connectivity index (χ4v) is 6.29. The highest BCUT2D eigenvalue weighted by molar-refractivity contribution is 4.93. The molecule has 3 nitrogen and oxygen atoms in total. The lowest BCUT2D eigenvalue weighted by molar-refractivity contribution is -0.0481. The van der Waals surface area contributed by atoms with E-state index in [-0.39, 0.29) is 12.2 Å². The van der Waals surface area contributed by atoms with Crippen LogP contribution in [0, 0.1) is 0 Å². The van der Waals surface area contributed by atoms with Crippen LogP contribution < -0.4 is 0 Å². The van der Waals surface area contributed by atoms with E-state index in [9.17, 15) is 0 Å². The fraction of sp³-hybridized carbons (Fsp3) is 0.814. The van der Waals surface area contributed by atoms with Gasteiger partial charge in [-0.15, -0.1) is 0 Å². The number of likely N-dealkylation sites (tertiary alicyclic amines) is 1. The Kier molecular flexibility index (Phi) is 32.8. The molecular formula is C43H79NO2. The van der Waals surface area contributed by atoms with Gasteiger partial charge in [-0.2, -0.15) is 0 Å². The Labute approximate surface area is 288 Å². The lowest BCUT2D eigenvalue weighted by atomic mass is 10.1. The molecule has 268 valence electrons. The molecule has 1 aliphatic rings. The van der Waals surface area contributed by atoms with E-state index in [4.69, 9.17) is 9.47 Å². The molecule has 3 heteroatoms. The molecule has 1 aliphatic heterocycles. The van der Waals surface area contributed by atoms with Crippen molar-refractivity contribution in [3.05, 3.63) is 48.6 Å². The largest absolute Gasteiger partial charge is 0.374 e. The molecule has 0 radical (unpaired) electrons. The van der Waals surface area contributed by atoms with Gasteiger partial charge in [-0.1, -0.05) is 146 Å². The molecule has 0 bridgehead atoms. The van der Waals surface area contributed by atoms with Gasteiger partial charge in [-0.05, 0) is 90.0 Å². The normalized spacial score (nSPS) is 17.7. The average Bonchev–Trinajstić information content (AvgIpc) is 3.45. The third-order valence-electron chi connectivity index (χ3n) is 9.18. The Morgan fingerprint density at radius 3 is 1.13 bits per heavy atom. The van der Waals surface area contributed by atoms with Crippen molar-refractivity contribution in [2.24, 2.45) is 0 Å². The van der Waals surface area contributed by atoms with Gasteiger partial charge in [0.25, 0.3) is 0 Å². The summed E-state index contributed by atoms with van der Waals surface area (Å²) in [5.74, 6) is 0. The second kappa shape index (κ2) is 35.2. The molecule has 0 unspecified atom stereocenters. The first-order chi connectivity index (χ1) is 22.8. The molecule has 0 amide bonds. The second-order valence-electron chi connectivity index (χ2n) is 13.7. The molecule has 0 aliphatic carbocycles. The molecule has 1 heterocycles. The molecule has 0 spiro atoms. The predicted octanol–water partition coefficient (Wildman–Crippen LogP) is 13.1. The van der Waals surface area contributed by atoms with Gasteiger partial charge in [0.15, 0.2) is 0 Å². The first kappa shape index (κ1) is 42.9. The van der Waals surface area contributed by atoms with Gasteiger partial charge in [0.2, 0.25) is 0 Å². The summed E-state index contributed by atoms with van der Waals surface area (Å²) in [5.41, 5.74) is 0. The predicted molar refractivity (Wildman–Crippen MR) is 205 cm³/mol. The minimum Gasteiger partial charge on any atom is -0.374 e. The van der Waals surface area contributed by atoms with Gasteiger partial charge >= 0.3 is 0 Å². The van der Waals surface area contributed by atoms with Gasteiger partial charge in [-0.25, -0.2) is 0 Å². The number of hydrogen-bond donors (Lipinski definition) is 0. The van der Waals surface area contributed by atoms with Gasteiger partial charge < -0.3 is 9.47 Å². The summed E-state index contributed by atoms with van der Waals surface area (Å²) in [6.07, 6.45) is 51.5. The quantitative estimate of drug-likeness (QED) is 0.0515. The smallest absolute Gasteiger partial charge is 0.0975 e. The van der Waals surface area contributed by atoms with Crippen LogP contribution in [0.2, 0.25) is 0 Å². The monoisotopic (exact) mass is 642 g/mol. The summed E-state index contributed by atoms with van der Waals surface area (Å²) >= 11 is 0. The molecule has 1 rings (SSSR count). The highest BCUT2D eigenvalue weighted by Crippen LogP contribution is 2.19. The lowest BCUT2D eigenvalue weighted by Gasteiger charge is -2.20. The number of ether oxygens (including phenoxy) is 2. The van der Waals surface area contributed by atoms with Crippen molar-refractivity contribution in [1.82, 2.24) is 4.90 Å². The van der Waals surface area contributed by atoms with Crippen LogP contribution in [-0.2, 0) is 9.47 Å². The summed E-state index contributed by atoms with van der Waals surface area (Å²) in [4.78, 5) is 2.55. The van der Waals surface area contributed by atoms with Crippen LogP contribution in [0.3, 0.4) is 0 Å². The van der Waals surface area contributed by atoms with E-state index in [2.05, 4.69) is 74.3 Å². The summed E-state index contributed by atoms with van der Waals surface area (Å²) in [5, 5.41) is 0. The summed E-state index contributed by atoms with van der Waals surface area (Å²) in [6, 6.07) is 0. The van der Waals surface area contributed by atoms with E-state index in [0.29, 0.717) is 0 Å². The summed E-state index contributed by atoms with van der Waals surface area (Å²) in [7, 11) is 0. The van der Waals surface area contributed by atoms with Crippen molar-refractivity contribution in [3.8, 4) is 0 Å². The summed E-state index contributed by atoms with van der Waals surface area (Å²) < 4.78 is 12.8. The molecule has 46 heavy (non-hydrogen) atoms. The van der Waals surface area contributed by atoms with E-state index in [1.54, 1.807) is 0 Å². The molecule has 0 aromatic carbocycles. The Bertz CT molecular complexity index is 668. The maximum atomic E-state index is 6.40. The van der Waals surface area contributed by atoms with E-state index in [1.807, 2.05) is 0 Å². The number of unbranched alkanes of at least 4 members (excludes halogenated alkanes) is 18. The fourth-order valence-electron chi connectivity index (χ4n) is 6.29. The average molecular weight is 642 g/mol. The van der Waals surface area contributed by atoms with E-state index in [1.165, 1.54) is 148 Å². The molecule has 2 atom stereocenters. The van der Waals surface area contributed by atoms with E-state index >= 15 is 0 Å². The molecule has 1 saturated heterocycles. The van der Waals surface area contributed by atoms with Crippen LogP contribution >= 0.6 is 0 Å². The number of rotatable bonds is 34. The van der Waals surface area contributed by atoms with Crippen LogP contribution in [0.25, 0.3) is 0 Å². The van der Waals surface area contributed by atoms with Crippen LogP contribution in [0.5, 0.6) is 0 Å².